The third-order valence-corrected chi connectivity index (χ3v) is 6.31. The van der Waals surface area contributed by atoms with Crippen LogP contribution in [-0.4, -0.2) is 38.6 Å². The molecule has 4 aromatic rings. The van der Waals surface area contributed by atoms with Crippen LogP contribution in [0.15, 0.2) is 89.5 Å². The second kappa shape index (κ2) is 9.02. The number of carbonyl (C=O) groups is 2. The van der Waals surface area contributed by atoms with E-state index in [2.05, 4.69) is 10.4 Å². The first-order chi connectivity index (χ1) is 16.5. The van der Waals surface area contributed by atoms with Crippen LogP contribution in [0.25, 0.3) is 11.3 Å². The molecule has 3 heterocycles. The van der Waals surface area contributed by atoms with E-state index >= 15 is 0 Å². The van der Waals surface area contributed by atoms with Gasteiger partial charge >= 0.3 is 0 Å². The molecule has 172 valence electrons. The van der Waals surface area contributed by atoms with Crippen LogP contribution in [0.3, 0.4) is 0 Å². The molecule has 1 aliphatic rings. The van der Waals surface area contributed by atoms with E-state index in [0.29, 0.717) is 30.9 Å². The molecule has 5 rings (SSSR count). The predicted octanol–water partition coefficient (Wildman–Crippen LogP) is 3.92. The molecule has 2 aromatic carbocycles. The highest BCUT2D eigenvalue weighted by atomic mass is 16.3. The van der Waals surface area contributed by atoms with Crippen molar-refractivity contribution in [3.63, 3.8) is 0 Å². The van der Waals surface area contributed by atoms with E-state index < -0.39 is 5.54 Å². The molecule has 0 radical (unpaired) electrons. The Hall–Kier alpha value is -4.13. The SMILES string of the molecule is CC1(C(=O)NCc2ccccc2)Cn2nc(-c3ccccc3)cc2C(=O)N1CCc1ccco1. The van der Waals surface area contributed by atoms with Gasteiger partial charge in [-0.25, -0.2) is 0 Å². The third kappa shape index (κ3) is 4.12. The van der Waals surface area contributed by atoms with Crippen molar-refractivity contribution in [3.05, 3.63) is 102 Å². The molecule has 1 aliphatic heterocycles. The summed E-state index contributed by atoms with van der Waals surface area (Å²) < 4.78 is 7.13. The minimum Gasteiger partial charge on any atom is -0.469 e. The van der Waals surface area contributed by atoms with Gasteiger partial charge in [-0.3, -0.25) is 14.3 Å². The molecular weight excluding hydrogens is 428 g/mol. The lowest BCUT2D eigenvalue weighted by Crippen LogP contribution is -2.64. The highest BCUT2D eigenvalue weighted by molar-refractivity contribution is 6.00. The van der Waals surface area contributed by atoms with E-state index in [9.17, 15) is 9.59 Å². The number of hydrogen-bond acceptors (Lipinski definition) is 4. The normalized spacial score (nSPS) is 17.4. The molecule has 0 spiro atoms. The first kappa shape index (κ1) is 21.7. The molecule has 7 nitrogen and oxygen atoms in total. The van der Waals surface area contributed by atoms with Gasteiger partial charge in [0.15, 0.2) is 0 Å². The molecule has 1 N–H and O–H groups in total. The van der Waals surface area contributed by atoms with Gasteiger partial charge in [0, 0.05) is 25.1 Å². The van der Waals surface area contributed by atoms with Crippen LogP contribution in [0.5, 0.6) is 0 Å². The summed E-state index contributed by atoms with van der Waals surface area (Å²) in [7, 11) is 0. The molecule has 0 aliphatic carbocycles. The lowest BCUT2D eigenvalue weighted by molar-refractivity contribution is -0.133. The Kier molecular flexibility index (Phi) is 5.76. The second-order valence-corrected chi connectivity index (χ2v) is 8.67. The van der Waals surface area contributed by atoms with Gasteiger partial charge in [-0.1, -0.05) is 60.7 Å². The molecule has 7 heteroatoms. The van der Waals surface area contributed by atoms with Crippen LogP contribution in [0, 0.1) is 0 Å². The van der Waals surface area contributed by atoms with Gasteiger partial charge in [-0.05, 0) is 30.7 Å². The van der Waals surface area contributed by atoms with Crippen LogP contribution in [-0.2, 0) is 24.3 Å². The minimum atomic E-state index is -1.11. The van der Waals surface area contributed by atoms with Crippen molar-refractivity contribution in [1.82, 2.24) is 20.0 Å². The maximum atomic E-state index is 13.7. The average molecular weight is 455 g/mol. The summed E-state index contributed by atoms with van der Waals surface area (Å²) in [5.41, 5.74) is 2.01. The molecule has 2 amide bonds. The molecule has 0 fully saturated rings. The van der Waals surface area contributed by atoms with Crippen molar-refractivity contribution in [2.24, 2.45) is 0 Å². The van der Waals surface area contributed by atoms with Crippen molar-refractivity contribution in [2.45, 2.75) is 32.0 Å². The summed E-state index contributed by atoms with van der Waals surface area (Å²) in [5.74, 6) is 0.334. The van der Waals surface area contributed by atoms with Gasteiger partial charge in [0.2, 0.25) is 5.91 Å². The van der Waals surface area contributed by atoms with E-state index in [1.165, 1.54) is 0 Å². The summed E-state index contributed by atoms with van der Waals surface area (Å²) >= 11 is 0. The van der Waals surface area contributed by atoms with E-state index in [1.54, 1.807) is 28.8 Å². The van der Waals surface area contributed by atoms with Gasteiger partial charge in [0.25, 0.3) is 5.91 Å². The van der Waals surface area contributed by atoms with Gasteiger partial charge in [0.05, 0.1) is 18.5 Å². The van der Waals surface area contributed by atoms with Crippen LogP contribution >= 0.6 is 0 Å². The summed E-state index contributed by atoms with van der Waals surface area (Å²) in [6, 6.07) is 25.0. The third-order valence-electron chi connectivity index (χ3n) is 6.31. The van der Waals surface area contributed by atoms with Crippen molar-refractivity contribution in [3.8, 4) is 11.3 Å². The fourth-order valence-electron chi connectivity index (χ4n) is 4.39. The lowest BCUT2D eigenvalue weighted by atomic mass is 9.94. The smallest absolute Gasteiger partial charge is 0.273 e. The van der Waals surface area contributed by atoms with Crippen molar-refractivity contribution in [2.75, 3.05) is 6.54 Å². The number of hydrogen-bond donors (Lipinski definition) is 1. The first-order valence-electron chi connectivity index (χ1n) is 11.3. The molecule has 2 aromatic heterocycles. The maximum Gasteiger partial charge on any atom is 0.273 e. The average Bonchev–Trinajstić information content (AvgIpc) is 3.54. The molecule has 1 atom stereocenters. The number of furan rings is 1. The monoisotopic (exact) mass is 454 g/mol. The molecule has 0 bridgehead atoms. The fraction of sp³-hybridized carbons (Fsp3) is 0.222. The Balaban J connectivity index is 1.45. The number of carbonyl (C=O) groups excluding carboxylic acids is 2. The molecule has 0 saturated carbocycles. The molecule has 34 heavy (non-hydrogen) atoms. The van der Waals surface area contributed by atoms with Crippen LogP contribution in [0.4, 0.5) is 0 Å². The van der Waals surface area contributed by atoms with Gasteiger partial charge in [0.1, 0.15) is 17.0 Å². The van der Waals surface area contributed by atoms with Gasteiger partial charge in [-0.15, -0.1) is 0 Å². The number of nitrogens with zero attached hydrogens (tertiary/aromatic N) is 3. The number of amides is 2. The van der Waals surface area contributed by atoms with E-state index in [1.807, 2.05) is 72.8 Å². The predicted molar refractivity (Wildman–Crippen MR) is 128 cm³/mol. The van der Waals surface area contributed by atoms with Gasteiger partial charge < -0.3 is 14.6 Å². The van der Waals surface area contributed by atoms with E-state index in [-0.39, 0.29) is 18.4 Å². The summed E-state index contributed by atoms with van der Waals surface area (Å²) in [5, 5.41) is 7.71. The van der Waals surface area contributed by atoms with E-state index in [0.717, 1.165) is 16.9 Å². The Morgan fingerprint density at radius 1 is 1.06 bits per heavy atom. The van der Waals surface area contributed by atoms with Crippen LogP contribution in [0.2, 0.25) is 0 Å². The lowest BCUT2D eigenvalue weighted by Gasteiger charge is -2.43. The molecule has 0 saturated heterocycles. The second-order valence-electron chi connectivity index (χ2n) is 8.67. The van der Waals surface area contributed by atoms with Crippen LogP contribution in [0.1, 0.15) is 28.7 Å². The Bertz CT molecular complexity index is 1280. The number of fused-ring (bicyclic) bond motifs is 1. The highest BCUT2D eigenvalue weighted by Crippen LogP contribution is 2.30. The zero-order valence-corrected chi connectivity index (χ0v) is 19.0. The maximum absolute atomic E-state index is 13.7. The highest BCUT2D eigenvalue weighted by Gasteiger charge is 2.47. The summed E-state index contributed by atoms with van der Waals surface area (Å²) in [4.78, 5) is 28.9. The summed E-state index contributed by atoms with van der Waals surface area (Å²) in [6.07, 6.45) is 2.13. The molecular formula is C27H26N4O3. The number of nitrogens with one attached hydrogen (secondary N) is 1. The Labute approximate surface area is 198 Å². The first-order valence-corrected chi connectivity index (χ1v) is 11.3. The topological polar surface area (TPSA) is 80.4 Å². The zero-order chi connectivity index (χ0) is 23.5. The summed E-state index contributed by atoms with van der Waals surface area (Å²) in [6.45, 7) is 2.81. The van der Waals surface area contributed by atoms with Crippen molar-refractivity contribution >= 4 is 11.8 Å². The number of rotatable bonds is 7. The van der Waals surface area contributed by atoms with Crippen LogP contribution < -0.4 is 5.32 Å². The molecule has 1 unspecified atom stereocenters. The van der Waals surface area contributed by atoms with Crippen molar-refractivity contribution in [1.29, 1.82) is 0 Å². The fourth-order valence-corrected chi connectivity index (χ4v) is 4.39. The largest absolute Gasteiger partial charge is 0.469 e. The Morgan fingerprint density at radius 2 is 1.79 bits per heavy atom. The van der Waals surface area contributed by atoms with Gasteiger partial charge in [-0.2, -0.15) is 5.10 Å². The number of aromatic nitrogens is 2. The Morgan fingerprint density at radius 3 is 2.50 bits per heavy atom. The number of benzene rings is 2. The van der Waals surface area contributed by atoms with E-state index in [4.69, 9.17) is 4.42 Å². The minimum absolute atomic E-state index is 0.216. The van der Waals surface area contributed by atoms with Crippen molar-refractivity contribution < 1.29 is 14.0 Å². The quantitative estimate of drug-likeness (QED) is 0.459. The standard InChI is InChI=1S/C27H26N4O3/c1-27(26(33)28-18-20-9-4-2-5-10-20)19-31-24(17-23(29-31)21-11-6-3-7-12-21)25(32)30(27)15-14-22-13-8-16-34-22/h2-13,16-17H,14-15,18-19H2,1H3,(H,28,33). The zero-order valence-electron chi connectivity index (χ0n) is 19.0.